The normalized spacial score (nSPS) is 12.3. The molecule has 0 aliphatic heterocycles. The summed E-state index contributed by atoms with van der Waals surface area (Å²) in [5.41, 5.74) is 1.17. The molecule has 1 atom stereocenters. The van der Waals surface area contributed by atoms with Crippen LogP contribution in [0.25, 0.3) is 0 Å². The Bertz CT molecular complexity index is 379. The predicted octanol–water partition coefficient (Wildman–Crippen LogP) is 3.47. The second-order valence-electron chi connectivity index (χ2n) is 3.65. The summed E-state index contributed by atoms with van der Waals surface area (Å²) < 4.78 is 4.85. The van der Waals surface area contributed by atoms with Gasteiger partial charge in [-0.05, 0) is 18.9 Å². The Kier molecular flexibility index (Phi) is 5.80. The number of hydrogen-bond donors (Lipinski definition) is 0. The summed E-state index contributed by atoms with van der Waals surface area (Å²) in [5.74, 6) is -0.115. The van der Waals surface area contributed by atoms with E-state index in [2.05, 4.69) is 6.58 Å². The maximum atomic E-state index is 11.2. The van der Waals surface area contributed by atoms with Gasteiger partial charge in [0.25, 0.3) is 0 Å². The van der Waals surface area contributed by atoms with Crippen LogP contribution in [0, 0.1) is 0 Å². The van der Waals surface area contributed by atoms with Crippen LogP contribution in [0.4, 0.5) is 0 Å². The van der Waals surface area contributed by atoms with Crippen LogP contribution in [0.5, 0.6) is 0 Å². The topological polar surface area (TPSA) is 26.3 Å². The van der Waals surface area contributed by atoms with Crippen LogP contribution >= 0.6 is 0 Å². The first-order valence-electron chi connectivity index (χ1n) is 5.78. The van der Waals surface area contributed by atoms with E-state index in [1.54, 1.807) is 6.92 Å². The van der Waals surface area contributed by atoms with Crippen molar-refractivity contribution in [1.82, 2.24) is 0 Å². The van der Waals surface area contributed by atoms with Crippen molar-refractivity contribution in [2.24, 2.45) is 0 Å². The van der Waals surface area contributed by atoms with Crippen molar-refractivity contribution in [1.29, 1.82) is 0 Å². The van der Waals surface area contributed by atoms with Crippen LogP contribution in [-0.4, -0.2) is 12.6 Å². The highest BCUT2D eigenvalue weighted by atomic mass is 16.5. The summed E-state index contributed by atoms with van der Waals surface area (Å²) >= 11 is 0. The summed E-state index contributed by atoms with van der Waals surface area (Å²) in [7, 11) is 0. The fraction of sp³-hybridized carbons (Fsp3) is 0.267. The number of hydrogen-bond acceptors (Lipinski definition) is 2. The number of rotatable bonds is 6. The molecule has 1 unspecified atom stereocenters. The zero-order chi connectivity index (χ0) is 12.5. The molecule has 0 saturated heterocycles. The lowest BCUT2D eigenvalue weighted by Gasteiger charge is -2.10. The van der Waals surface area contributed by atoms with Gasteiger partial charge in [-0.25, -0.2) is 4.79 Å². The van der Waals surface area contributed by atoms with Crippen molar-refractivity contribution in [2.45, 2.75) is 19.3 Å². The average molecular weight is 230 g/mol. The highest BCUT2D eigenvalue weighted by Gasteiger charge is 2.06. The molecule has 17 heavy (non-hydrogen) atoms. The van der Waals surface area contributed by atoms with Gasteiger partial charge in [-0.2, -0.15) is 0 Å². The van der Waals surface area contributed by atoms with E-state index in [-0.39, 0.29) is 11.9 Å². The summed E-state index contributed by atoms with van der Waals surface area (Å²) in [5, 5.41) is 0. The molecule has 1 aromatic carbocycles. The van der Waals surface area contributed by atoms with Gasteiger partial charge in [0.15, 0.2) is 0 Å². The zero-order valence-corrected chi connectivity index (χ0v) is 10.1. The largest absolute Gasteiger partial charge is 0.463 e. The van der Waals surface area contributed by atoms with Gasteiger partial charge in [-0.1, -0.05) is 42.5 Å². The molecule has 0 radical (unpaired) electrons. The lowest BCUT2D eigenvalue weighted by molar-refractivity contribution is -0.137. The van der Waals surface area contributed by atoms with Crippen molar-refractivity contribution in [3.8, 4) is 0 Å². The van der Waals surface area contributed by atoms with E-state index in [0.29, 0.717) is 6.61 Å². The van der Waals surface area contributed by atoms with Gasteiger partial charge in [0, 0.05) is 12.0 Å². The van der Waals surface area contributed by atoms with E-state index >= 15 is 0 Å². The van der Waals surface area contributed by atoms with Crippen molar-refractivity contribution >= 4 is 5.97 Å². The minimum absolute atomic E-state index is 0.179. The number of allylic oxidation sites excluding steroid dienone is 2. The van der Waals surface area contributed by atoms with E-state index in [4.69, 9.17) is 4.74 Å². The van der Waals surface area contributed by atoms with Gasteiger partial charge in [-0.15, -0.1) is 6.58 Å². The molecule has 2 heteroatoms. The summed E-state index contributed by atoms with van der Waals surface area (Å²) in [6.07, 6.45) is 6.02. The maximum Gasteiger partial charge on any atom is 0.330 e. The van der Waals surface area contributed by atoms with E-state index < -0.39 is 0 Å². The molecule has 0 spiro atoms. The summed E-state index contributed by atoms with van der Waals surface area (Å²) in [6.45, 7) is 5.94. The third-order valence-corrected chi connectivity index (χ3v) is 2.40. The number of carbonyl (C=O) groups is 1. The first-order chi connectivity index (χ1) is 8.27. The molecule has 1 aromatic rings. The van der Waals surface area contributed by atoms with Crippen molar-refractivity contribution in [3.63, 3.8) is 0 Å². The van der Waals surface area contributed by atoms with Crippen LogP contribution in [-0.2, 0) is 9.53 Å². The Morgan fingerprint density at radius 2 is 2.12 bits per heavy atom. The Morgan fingerprint density at radius 3 is 2.71 bits per heavy atom. The molecule has 1 rings (SSSR count). The minimum atomic E-state index is -0.294. The monoisotopic (exact) mass is 230 g/mol. The van der Waals surface area contributed by atoms with E-state index in [9.17, 15) is 4.79 Å². The van der Waals surface area contributed by atoms with E-state index in [1.807, 2.05) is 42.5 Å². The van der Waals surface area contributed by atoms with Crippen molar-refractivity contribution < 1.29 is 9.53 Å². The molecule has 90 valence electrons. The van der Waals surface area contributed by atoms with Crippen LogP contribution in [0.2, 0.25) is 0 Å². The fourth-order valence-corrected chi connectivity index (χ4v) is 1.59. The van der Waals surface area contributed by atoms with Crippen LogP contribution in [0.1, 0.15) is 24.8 Å². The van der Waals surface area contributed by atoms with Crippen LogP contribution in [0.15, 0.2) is 55.1 Å². The average Bonchev–Trinajstić information content (AvgIpc) is 2.36. The lowest BCUT2D eigenvalue weighted by Crippen LogP contribution is -2.01. The van der Waals surface area contributed by atoms with E-state index in [1.165, 1.54) is 11.6 Å². The second kappa shape index (κ2) is 7.44. The molecule has 0 aromatic heterocycles. The van der Waals surface area contributed by atoms with Gasteiger partial charge in [0.1, 0.15) is 0 Å². The minimum Gasteiger partial charge on any atom is -0.463 e. The molecular weight excluding hydrogens is 212 g/mol. The smallest absolute Gasteiger partial charge is 0.330 e. The summed E-state index contributed by atoms with van der Waals surface area (Å²) in [6, 6.07) is 10.0. The molecule has 0 aliphatic rings. The lowest BCUT2D eigenvalue weighted by atomic mass is 9.95. The zero-order valence-electron chi connectivity index (χ0n) is 10.1. The first-order valence-corrected chi connectivity index (χ1v) is 5.78. The Morgan fingerprint density at radius 1 is 1.41 bits per heavy atom. The third kappa shape index (κ3) is 4.68. The third-order valence-electron chi connectivity index (χ3n) is 2.40. The van der Waals surface area contributed by atoms with Gasteiger partial charge in [0.2, 0.25) is 0 Å². The predicted molar refractivity (Wildman–Crippen MR) is 69.8 cm³/mol. The molecule has 0 saturated carbocycles. The molecule has 0 bridgehead atoms. The maximum absolute atomic E-state index is 11.2. The van der Waals surface area contributed by atoms with Gasteiger partial charge in [-0.3, -0.25) is 0 Å². The molecular formula is C15H18O2. The molecule has 0 aliphatic carbocycles. The quantitative estimate of drug-likeness (QED) is 0.425. The standard InChI is InChI=1S/C15H18O2/c1-3-8-13(11-12-15(16)17-4-2)14-9-6-5-7-10-14/h3,5-7,9-13H,1,4,8H2,2H3/b12-11+. The number of benzene rings is 1. The SMILES string of the molecule is C=CCC(/C=C/C(=O)OCC)c1ccccc1. The number of carbonyl (C=O) groups excluding carboxylic acids is 1. The molecule has 0 fully saturated rings. The van der Waals surface area contributed by atoms with E-state index in [0.717, 1.165) is 6.42 Å². The summed E-state index contributed by atoms with van der Waals surface area (Å²) in [4.78, 5) is 11.2. The van der Waals surface area contributed by atoms with Crippen molar-refractivity contribution in [3.05, 3.63) is 60.7 Å². The molecule has 0 heterocycles. The highest BCUT2D eigenvalue weighted by molar-refractivity contribution is 5.82. The van der Waals surface area contributed by atoms with Gasteiger partial charge < -0.3 is 4.74 Å². The highest BCUT2D eigenvalue weighted by Crippen LogP contribution is 2.21. The fourth-order valence-electron chi connectivity index (χ4n) is 1.59. The number of esters is 1. The first kappa shape index (κ1) is 13.2. The Labute approximate surface area is 103 Å². The van der Waals surface area contributed by atoms with Crippen LogP contribution in [0.3, 0.4) is 0 Å². The number of ether oxygens (including phenoxy) is 1. The molecule has 2 nitrogen and oxygen atoms in total. The van der Waals surface area contributed by atoms with Crippen molar-refractivity contribution in [2.75, 3.05) is 6.61 Å². The van der Waals surface area contributed by atoms with Crippen LogP contribution < -0.4 is 0 Å². The van der Waals surface area contributed by atoms with Gasteiger partial charge >= 0.3 is 5.97 Å². The second-order valence-corrected chi connectivity index (χ2v) is 3.65. The Balaban J connectivity index is 2.73. The Hall–Kier alpha value is -1.83. The molecule has 0 N–H and O–H groups in total. The molecule has 0 amide bonds. The van der Waals surface area contributed by atoms with Gasteiger partial charge in [0.05, 0.1) is 6.61 Å².